The van der Waals surface area contributed by atoms with Crippen molar-refractivity contribution in [2.45, 2.75) is 24.9 Å². The van der Waals surface area contributed by atoms with Crippen LogP contribution in [0.5, 0.6) is 0 Å². The Bertz CT molecular complexity index is 362. The molecule has 15 heavy (non-hydrogen) atoms. The first-order valence-corrected chi connectivity index (χ1v) is 5.03. The van der Waals surface area contributed by atoms with Crippen molar-refractivity contribution in [3.63, 3.8) is 0 Å². The molecule has 3 N–H and O–H groups in total. The van der Waals surface area contributed by atoms with E-state index in [0.717, 1.165) is 31.0 Å². The van der Waals surface area contributed by atoms with Crippen molar-refractivity contribution in [2.75, 3.05) is 6.54 Å². The Kier molecular flexibility index (Phi) is 2.71. The molecule has 0 radical (unpaired) electrons. The number of hydrogen-bond donors (Lipinski definition) is 2. The molecule has 1 fully saturated rings. The highest BCUT2D eigenvalue weighted by Gasteiger charge is 2.37. The average Bonchev–Trinajstić information content (AvgIpc) is 2.90. The summed E-state index contributed by atoms with van der Waals surface area (Å²) >= 11 is 0. The maximum absolute atomic E-state index is 12.8. The molecule has 0 bridgehead atoms. The summed E-state index contributed by atoms with van der Waals surface area (Å²) in [5.74, 6) is -1.61. The lowest BCUT2D eigenvalue weighted by molar-refractivity contribution is 0.504. The van der Waals surface area contributed by atoms with Gasteiger partial charge in [-0.3, -0.25) is 0 Å². The lowest BCUT2D eigenvalue weighted by Gasteiger charge is -2.10. The molecule has 0 atom stereocenters. The Morgan fingerprint density at radius 2 is 2.00 bits per heavy atom. The van der Waals surface area contributed by atoms with Gasteiger partial charge in [-0.05, 0) is 30.5 Å². The van der Waals surface area contributed by atoms with Gasteiger partial charge in [0.25, 0.3) is 0 Å². The van der Waals surface area contributed by atoms with Crippen LogP contribution < -0.4 is 11.1 Å². The first-order chi connectivity index (χ1) is 7.09. The third-order valence-electron chi connectivity index (χ3n) is 2.68. The van der Waals surface area contributed by atoms with Gasteiger partial charge in [-0.15, -0.1) is 0 Å². The molecule has 0 saturated heterocycles. The fourth-order valence-electron chi connectivity index (χ4n) is 1.44. The summed E-state index contributed by atoms with van der Waals surface area (Å²) in [5, 5.41) is 3.14. The van der Waals surface area contributed by atoms with Crippen LogP contribution >= 0.6 is 0 Å². The van der Waals surface area contributed by atoms with Gasteiger partial charge in [-0.2, -0.15) is 0 Å². The molecule has 1 aliphatic carbocycles. The molecular weight excluding hydrogens is 198 g/mol. The van der Waals surface area contributed by atoms with Gasteiger partial charge in [-0.25, -0.2) is 8.78 Å². The molecule has 0 heterocycles. The first-order valence-electron chi connectivity index (χ1n) is 5.03. The van der Waals surface area contributed by atoms with E-state index in [-0.39, 0.29) is 5.54 Å². The number of nitrogens with two attached hydrogens (primary N) is 1. The van der Waals surface area contributed by atoms with Crippen molar-refractivity contribution >= 4 is 0 Å². The van der Waals surface area contributed by atoms with Gasteiger partial charge in [0.15, 0.2) is 11.6 Å². The number of rotatable bonds is 4. The molecule has 1 aromatic carbocycles. The zero-order chi connectivity index (χ0) is 10.9. The molecule has 2 nitrogen and oxygen atoms in total. The second kappa shape index (κ2) is 3.87. The highest BCUT2D eigenvalue weighted by molar-refractivity contribution is 5.17. The van der Waals surface area contributed by atoms with Crippen LogP contribution in [0.3, 0.4) is 0 Å². The van der Waals surface area contributed by atoms with Gasteiger partial charge in [0.2, 0.25) is 0 Å². The van der Waals surface area contributed by atoms with Crippen LogP contribution in [0.4, 0.5) is 8.78 Å². The highest BCUT2D eigenvalue weighted by atomic mass is 19.2. The third-order valence-corrected chi connectivity index (χ3v) is 2.68. The highest BCUT2D eigenvalue weighted by Crippen LogP contribution is 2.31. The van der Waals surface area contributed by atoms with Gasteiger partial charge in [0, 0.05) is 18.6 Å². The lowest BCUT2D eigenvalue weighted by Crippen LogP contribution is -2.35. The van der Waals surface area contributed by atoms with Crippen LogP contribution in [-0.2, 0) is 6.54 Å². The molecule has 1 aromatic rings. The zero-order valence-electron chi connectivity index (χ0n) is 8.39. The molecule has 0 aliphatic heterocycles. The Hall–Kier alpha value is -1.00. The van der Waals surface area contributed by atoms with Crippen LogP contribution in [0.1, 0.15) is 18.4 Å². The van der Waals surface area contributed by atoms with Crippen LogP contribution in [0.15, 0.2) is 18.2 Å². The van der Waals surface area contributed by atoms with Crippen molar-refractivity contribution in [1.82, 2.24) is 5.32 Å². The van der Waals surface area contributed by atoms with E-state index in [9.17, 15) is 8.78 Å². The monoisotopic (exact) mass is 212 g/mol. The standard InChI is InChI=1S/C11H14F2N2/c12-9-2-1-8(5-10(9)13)6-15-7-11(14)3-4-11/h1-2,5,15H,3-4,6-7,14H2. The predicted octanol–water partition coefficient (Wildman–Crippen LogP) is 1.55. The lowest BCUT2D eigenvalue weighted by atomic mass is 10.2. The SMILES string of the molecule is NC1(CNCc2ccc(F)c(F)c2)CC1. The van der Waals surface area contributed by atoms with E-state index in [0.29, 0.717) is 6.54 Å². The van der Waals surface area contributed by atoms with E-state index in [1.807, 2.05) is 0 Å². The smallest absolute Gasteiger partial charge is 0.159 e. The van der Waals surface area contributed by atoms with Gasteiger partial charge in [-0.1, -0.05) is 6.07 Å². The quantitative estimate of drug-likeness (QED) is 0.794. The van der Waals surface area contributed by atoms with E-state index < -0.39 is 11.6 Å². The van der Waals surface area contributed by atoms with Gasteiger partial charge in [0.1, 0.15) is 0 Å². The summed E-state index contributed by atoms with van der Waals surface area (Å²) < 4.78 is 25.4. The summed E-state index contributed by atoms with van der Waals surface area (Å²) in [6.45, 7) is 1.25. The molecule has 1 saturated carbocycles. The first kappa shape index (κ1) is 10.5. The molecule has 2 rings (SSSR count). The fourth-order valence-corrected chi connectivity index (χ4v) is 1.44. The van der Waals surface area contributed by atoms with Crippen LogP contribution in [0.25, 0.3) is 0 Å². The minimum absolute atomic E-state index is 0.0570. The molecular formula is C11H14F2N2. The van der Waals surface area contributed by atoms with Gasteiger partial charge < -0.3 is 11.1 Å². The summed E-state index contributed by atoms with van der Waals surface area (Å²) in [5.41, 5.74) is 6.55. The minimum Gasteiger partial charge on any atom is -0.324 e. The molecule has 82 valence electrons. The maximum atomic E-state index is 12.8. The third kappa shape index (κ3) is 2.73. The Labute approximate surface area is 87.5 Å². The Morgan fingerprint density at radius 1 is 1.27 bits per heavy atom. The molecule has 4 heteroatoms. The summed E-state index contributed by atoms with van der Waals surface area (Å²) in [6.07, 6.45) is 2.08. The second-order valence-corrected chi connectivity index (χ2v) is 4.21. The second-order valence-electron chi connectivity index (χ2n) is 4.21. The topological polar surface area (TPSA) is 38.0 Å². The molecule has 1 aliphatic rings. The normalized spacial score (nSPS) is 17.8. The Morgan fingerprint density at radius 3 is 2.60 bits per heavy atom. The van der Waals surface area contributed by atoms with Crippen LogP contribution in [0.2, 0.25) is 0 Å². The van der Waals surface area contributed by atoms with Crippen molar-refractivity contribution in [3.8, 4) is 0 Å². The maximum Gasteiger partial charge on any atom is 0.159 e. The summed E-state index contributed by atoms with van der Waals surface area (Å²) in [7, 11) is 0. The van der Waals surface area contributed by atoms with E-state index in [4.69, 9.17) is 5.73 Å². The number of hydrogen-bond acceptors (Lipinski definition) is 2. The van der Waals surface area contributed by atoms with Gasteiger partial charge >= 0.3 is 0 Å². The molecule has 0 amide bonds. The largest absolute Gasteiger partial charge is 0.324 e. The summed E-state index contributed by atoms with van der Waals surface area (Å²) in [6, 6.07) is 3.92. The number of benzene rings is 1. The van der Waals surface area contributed by atoms with E-state index in [2.05, 4.69) is 5.32 Å². The zero-order valence-corrected chi connectivity index (χ0v) is 8.39. The fraction of sp³-hybridized carbons (Fsp3) is 0.455. The van der Waals surface area contributed by atoms with Gasteiger partial charge in [0.05, 0.1) is 0 Å². The molecule has 0 unspecified atom stereocenters. The average molecular weight is 212 g/mol. The molecule has 0 spiro atoms. The number of nitrogens with one attached hydrogen (secondary N) is 1. The summed E-state index contributed by atoms with van der Waals surface area (Å²) in [4.78, 5) is 0. The van der Waals surface area contributed by atoms with Crippen molar-refractivity contribution in [2.24, 2.45) is 5.73 Å². The Balaban J connectivity index is 1.85. The van der Waals surface area contributed by atoms with E-state index in [1.54, 1.807) is 6.07 Å². The van der Waals surface area contributed by atoms with Crippen molar-refractivity contribution in [1.29, 1.82) is 0 Å². The van der Waals surface area contributed by atoms with Crippen molar-refractivity contribution in [3.05, 3.63) is 35.4 Å². The minimum atomic E-state index is -0.809. The van der Waals surface area contributed by atoms with Crippen LogP contribution in [-0.4, -0.2) is 12.1 Å². The van der Waals surface area contributed by atoms with E-state index in [1.165, 1.54) is 6.07 Å². The van der Waals surface area contributed by atoms with E-state index >= 15 is 0 Å². The molecule has 0 aromatic heterocycles. The van der Waals surface area contributed by atoms with Crippen LogP contribution in [0, 0.1) is 11.6 Å². The predicted molar refractivity (Wildman–Crippen MR) is 54.2 cm³/mol. The number of halogens is 2. The van der Waals surface area contributed by atoms with Crippen molar-refractivity contribution < 1.29 is 8.78 Å².